The predicted molar refractivity (Wildman–Crippen MR) is 81.6 cm³/mol. The van der Waals surface area contributed by atoms with Gasteiger partial charge in [-0.05, 0) is 45.6 Å². The van der Waals surface area contributed by atoms with E-state index in [9.17, 15) is 8.42 Å². The normalized spacial score (nSPS) is 11.5. The number of rotatable bonds is 4. The molecular weight excluding hydrogens is 350 g/mol. The first-order valence-electron chi connectivity index (χ1n) is 5.26. The van der Waals surface area contributed by atoms with E-state index in [4.69, 9.17) is 10.9 Å². The molecule has 0 aliphatic rings. The van der Waals surface area contributed by atoms with Crippen molar-refractivity contribution in [3.63, 3.8) is 0 Å². The topological polar surface area (TPSA) is 98.2 Å². The fourth-order valence-electron chi connectivity index (χ4n) is 1.49. The molecular formula is C11H12BrN3O2S2. The van der Waals surface area contributed by atoms with Crippen LogP contribution in [0.2, 0.25) is 0 Å². The van der Waals surface area contributed by atoms with Crippen molar-refractivity contribution in [3.8, 4) is 0 Å². The molecule has 2 aromatic rings. The summed E-state index contributed by atoms with van der Waals surface area (Å²) in [5.74, 6) is 0. The first-order chi connectivity index (χ1) is 8.88. The monoisotopic (exact) mass is 361 g/mol. The Morgan fingerprint density at radius 1 is 1.32 bits per heavy atom. The van der Waals surface area contributed by atoms with E-state index in [0.29, 0.717) is 17.9 Å². The van der Waals surface area contributed by atoms with Gasteiger partial charge >= 0.3 is 0 Å². The van der Waals surface area contributed by atoms with Gasteiger partial charge in [0.05, 0.1) is 22.8 Å². The molecule has 0 saturated carbocycles. The number of nitrogens with two attached hydrogens (primary N) is 2. The molecule has 8 heteroatoms. The number of primary sulfonamides is 1. The van der Waals surface area contributed by atoms with Crippen molar-refractivity contribution in [3.05, 3.63) is 39.0 Å². The Labute approximate surface area is 123 Å². The van der Waals surface area contributed by atoms with Crippen molar-refractivity contribution in [2.75, 3.05) is 11.1 Å². The van der Waals surface area contributed by atoms with Crippen molar-refractivity contribution in [1.29, 1.82) is 0 Å². The number of thiophene rings is 1. The minimum absolute atomic E-state index is 0.0365. The maximum Gasteiger partial charge on any atom is 0.238 e. The Hall–Kier alpha value is -1.09. The average molecular weight is 362 g/mol. The van der Waals surface area contributed by atoms with Gasteiger partial charge in [-0.25, -0.2) is 13.6 Å². The molecule has 0 bridgehead atoms. The Morgan fingerprint density at radius 2 is 2.05 bits per heavy atom. The predicted octanol–water partition coefficient (Wildman–Crippen LogP) is 2.35. The average Bonchev–Trinajstić information content (AvgIpc) is 2.72. The molecule has 0 atom stereocenters. The van der Waals surface area contributed by atoms with Gasteiger partial charge in [0.15, 0.2) is 0 Å². The molecule has 1 aromatic carbocycles. The second kappa shape index (κ2) is 5.49. The van der Waals surface area contributed by atoms with Gasteiger partial charge in [-0.2, -0.15) is 0 Å². The zero-order valence-corrected chi connectivity index (χ0v) is 13.0. The summed E-state index contributed by atoms with van der Waals surface area (Å²) in [4.78, 5) is 1.13. The van der Waals surface area contributed by atoms with E-state index in [0.717, 1.165) is 9.35 Å². The van der Waals surface area contributed by atoms with E-state index in [1.165, 1.54) is 18.2 Å². The largest absolute Gasteiger partial charge is 0.397 e. The molecule has 0 aliphatic carbocycles. The molecule has 0 spiro atoms. The van der Waals surface area contributed by atoms with E-state index in [1.807, 2.05) is 11.4 Å². The summed E-state index contributed by atoms with van der Waals surface area (Å²) < 4.78 is 23.6. The fourth-order valence-corrected chi connectivity index (χ4v) is 3.46. The van der Waals surface area contributed by atoms with Crippen molar-refractivity contribution in [1.82, 2.24) is 0 Å². The summed E-state index contributed by atoms with van der Waals surface area (Å²) in [5.41, 5.74) is 6.82. The zero-order valence-electron chi connectivity index (χ0n) is 9.76. The molecule has 5 N–H and O–H groups in total. The van der Waals surface area contributed by atoms with Crippen LogP contribution in [0.3, 0.4) is 0 Å². The lowest BCUT2D eigenvalue weighted by Gasteiger charge is -2.10. The lowest BCUT2D eigenvalue weighted by atomic mass is 10.2. The SMILES string of the molecule is Nc1ccc(S(N)(=O)=O)cc1NCc1sccc1Br. The van der Waals surface area contributed by atoms with Gasteiger partial charge in [-0.1, -0.05) is 0 Å². The van der Waals surface area contributed by atoms with Gasteiger partial charge < -0.3 is 11.1 Å². The van der Waals surface area contributed by atoms with Gasteiger partial charge in [-0.3, -0.25) is 0 Å². The van der Waals surface area contributed by atoms with Crippen molar-refractivity contribution in [2.24, 2.45) is 5.14 Å². The van der Waals surface area contributed by atoms with Crippen LogP contribution in [0.1, 0.15) is 4.88 Å². The van der Waals surface area contributed by atoms with Crippen LogP contribution in [0.4, 0.5) is 11.4 Å². The smallest absolute Gasteiger partial charge is 0.238 e. The van der Waals surface area contributed by atoms with Crippen LogP contribution in [0.25, 0.3) is 0 Å². The van der Waals surface area contributed by atoms with E-state index >= 15 is 0 Å². The Balaban J connectivity index is 2.23. The van der Waals surface area contributed by atoms with E-state index < -0.39 is 10.0 Å². The number of halogens is 1. The Kier molecular flexibility index (Phi) is 4.14. The van der Waals surface area contributed by atoms with Crippen LogP contribution in [-0.4, -0.2) is 8.42 Å². The minimum atomic E-state index is -3.72. The summed E-state index contributed by atoms with van der Waals surface area (Å²) in [6.45, 7) is 0.552. The van der Waals surface area contributed by atoms with E-state index in [2.05, 4.69) is 21.2 Å². The van der Waals surface area contributed by atoms with Crippen molar-refractivity contribution >= 4 is 48.7 Å². The molecule has 1 heterocycles. The quantitative estimate of drug-likeness (QED) is 0.727. The third kappa shape index (κ3) is 3.47. The number of anilines is 2. The highest BCUT2D eigenvalue weighted by Gasteiger charge is 2.10. The molecule has 102 valence electrons. The summed E-state index contributed by atoms with van der Waals surface area (Å²) in [5, 5.41) is 10.2. The second-order valence-electron chi connectivity index (χ2n) is 3.84. The standard InChI is InChI=1S/C11H12BrN3O2S2/c12-8-3-4-18-11(8)6-15-10-5-7(19(14,16)17)1-2-9(10)13/h1-5,15H,6,13H2,(H2,14,16,17). The highest BCUT2D eigenvalue weighted by molar-refractivity contribution is 9.10. The molecule has 0 unspecified atom stereocenters. The van der Waals surface area contributed by atoms with Crippen molar-refractivity contribution < 1.29 is 8.42 Å². The first kappa shape index (κ1) is 14.3. The van der Waals surface area contributed by atoms with Crippen LogP contribution in [0, 0.1) is 0 Å². The molecule has 0 aliphatic heterocycles. The number of benzene rings is 1. The lowest BCUT2D eigenvalue weighted by molar-refractivity contribution is 0.598. The van der Waals surface area contributed by atoms with Gasteiger partial charge in [-0.15, -0.1) is 11.3 Å². The second-order valence-corrected chi connectivity index (χ2v) is 7.26. The third-order valence-electron chi connectivity index (χ3n) is 2.48. The maximum atomic E-state index is 11.3. The van der Waals surface area contributed by atoms with Gasteiger partial charge in [0.2, 0.25) is 10.0 Å². The first-order valence-corrected chi connectivity index (χ1v) is 8.48. The number of hydrogen-bond donors (Lipinski definition) is 3. The Morgan fingerprint density at radius 3 is 2.63 bits per heavy atom. The van der Waals surface area contributed by atoms with Crippen LogP contribution in [0.5, 0.6) is 0 Å². The molecule has 1 aromatic heterocycles. The minimum Gasteiger partial charge on any atom is -0.397 e. The molecule has 2 rings (SSSR count). The molecule has 0 amide bonds. The number of nitrogens with one attached hydrogen (secondary N) is 1. The molecule has 19 heavy (non-hydrogen) atoms. The third-order valence-corrected chi connectivity index (χ3v) is 5.32. The van der Waals surface area contributed by atoms with Crippen LogP contribution < -0.4 is 16.2 Å². The lowest BCUT2D eigenvalue weighted by Crippen LogP contribution is -2.13. The number of nitrogen functional groups attached to an aromatic ring is 1. The van der Waals surface area contributed by atoms with E-state index in [1.54, 1.807) is 11.3 Å². The summed E-state index contributed by atoms with van der Waals surface area (Å²) in [6.07, 6.45) is 0. The van der Waals surface area contributed by atoms with Crippen LogP contribution in [-0.2, 0) is 16.6 Å². The fraction of sp³-hybridized carbons (Fsp3) is 0.0909. The molecule has 0 saturated heterocycles. The zero-order chi connectivity index (χ0) is 14.0. The summed E-state index contributed by atoms with van der Waals surface area (Å²) >= 11 is 5.02. The highest BCUT2D eigenvalue weighted by atomic mass is 79.9. The molecule has 5 nitrogen and oxygen atoms in total. The molecule has 0 radical (unpaired) electrons. The van der Waals surface area contributed by atoms with Gasteiger partial charge in [0.25, 0.3) is 0 Å². The van der Waals surface area contributed by atoms with E-state index in [-0.39, 0.29) is 4.90 Å². The molecule has 0 fully saturated rings. The Bertz CT molecular complexity index is 698. The maximum absolute atomic E-state index is 11.3. The highest BCUT2D eigenvalue weighted by Crippen LogP contribution is 2.26. The number of sulfonamides is 1. The van der Waals surface area contributed by atoms with Crippen LogP contribution >= 0.6 is 27.3 Å². The number of hydrogen-bond acceptors (Lipinski definition) is 5. The van der Waals surface area contributed by atoms with Crippen molar-refractivity contribution in [2.45, 2.75) is 11.4 Å². The van der Waals surface area contributed by atoms with Crippen LogP contribution in [0.15, 0.2) is 39.0 Å². The summed E-state index contributed by atoms with van der Waals surface area (Å²) in [6, 6.07) is 6.29. The summed E-state index contributed by atoms with van der Waals surface area (Å²) in [7, 11) is -3.72. The van der Waals surface area contributed by atoms with Gasteiger partial charge in [0.1, 0.15) is 0 Å². The van der Waals surface area contributed by atoms with Gasteiger partial charge in [0, 0.05) is 9.35 Å².